The van der Waals surface area contributed by atoms with Gasteiger partial charge in [0.1, 0.15) is 21.4 Å². The van der Waals surface area contributed by atoms with Gasteiger partial charge in [-0.3, -0.25) is 0 Å². The molecule has 2 fully saturated rings. The lowest BCUT2D eigenvalue weighted by Gasteiger charge is -2.56. The summed E-state index contributed by atoms with van der Waals surface area (Å²) >= 11 is 0. The molecule has 1 aromatic carbocycles. The number of benzene rings is 1. The third kappa shape index (κ3) is 5.39. The number of rotatable bonds is 9. The van der Waals surface area contributed by atoms with Gasteiger partial charge < -0.3 is 14.0 Å². The molecule has 5 aliphatic rings. The predicted octanol–water partition coefficient (Wildman–Crippen LogP) is 10.7. The first-order chi connectivity index (χ1) is 20.5. The fourth-order valence-electron chi connectivity index (χ4n) is 11.0. The van der Waals surface area contributed by atoms with Gasteiger partial charge in [-0.1, -0.05) is 91.0 Å². The second-order valence-corrected chi connectivity index (χ2v) is 20.9. The van der Waals surface area contributed by atoms with Crippen molar-refractivity contribution in [3.63, 3.8) is 0 Å². The normalized spacial score (nSPS) is 28.3. The van der Waals surface area contributed by atoms with Gasteiger partial charge in [-0.05, 0) is 111 Å². The van der Waals surface area contributed by atoms with Crippen LogP contribution in [0, 0.1) is 17.8 Å². The second kappa shape index (κ2) is 12.0. The van der Waals surface area contributed by atoms with Crippen LogP contribution in [0.15, 0.2) is 29.9 Å². The molecule has 0 N–H and O–H groups in total. The van der Waals surface area contributed by atoms with Crippen molar-refractivity contribution in [1.29, 1.82) is 0 Å². The summed E-state index contributed by atoms with van der Waals surface area (Å²) in [4.78, 5) is 0. The van der Waals surface area contributed by atoms with Gasteiger partial charge in [0.2, 0.25) is 0 Å². The van der Waals surface area contributed by atoms with E-state index in [2.05, 4.69) is 83.5 Å². The Balaban J connectivity index is 1.46. The highest BCUT2D eigenvalue weighted by molar-refractivity contribution is 6.76. The topological polar surface area (TPSA) is 21.7 Å². The van der Waals surface area contributed by atoms with Crippen molar-refractivity contribution in [1.82, 2.24) is 4.57 Å². The van der Waals surface area contributed by atoms with Crippen molar-refractivity contribution in [2.75, 3.05) is 13.2 Å². The molecule has 4 aliphatic carbocycles. The van der Waals surface area contributed by atoms with Crippen molar-refractivity contribution in [2.45, 2.75) is 154 Å². The van der Waals surface area contributed by atoms with Crippen LogP contribution in [0.25, 0.3) is 5.57 Å². The maximum Gasteiger partial charge on any atom is 0.161 e. The first-order valence-electron chi connectivity index (χ1n) is 18.2. The van der Waals surface area contributed by atoms with Gasteiger partial charge in [0.25, 0.3) is 0 Å². The average molecular weight is 604 g/mol. The van der Waals surface area contributed by atoms with E-state index in [0.29, 0.717) is 25.0 Å². The van der Waals surface area contributed by atoms with Gasteiger partial charge >= 0.3 is 0 Å². The number of unbranched alkanes of at least 4 members (excludes halogenated alkanes) is 2. The zero-order valence-electron chi connectivity index (χ0n) is 28.9. The second-order valence-electron chi connectivity index (χ2n) is 16.5. The molecule has 1 aliphatic heterocycles. The van der Waals surface area contributed by atoms with Crippen LogP contribution in [0.2, 0.25) is 18.6 Å². The third-order valence-corrected chi connectivity index (χ3v) is 17.1. The molecule has 0 spiro atoms. The number of fused-ring (bicyclic) bond motifs is 5. The maximum atomic E-state index is 6.21. The minimum atomic E-state index is -1.82. The molecule has 0 saturated heterocycles. The zero-order chi connectivity index (χ0) is 30.6. The first kappa shape index (κ1) is 31.5. The molecule has 0 radical (unpaired) electrons. The van der Waals surface area contributed by atoms with Gasteiger partial charge in [0, 0.05) is 17.0 Å². The Kier molecular flexibility index (Phi) is 8.79. The van der Waals surface area contributed by atoms with E-state index < -0.39 is 8.24 Å². The van der Waals surface area contributed by atoms with Gasteiger partial charge in [0.15, 0.2) is 11.5 Å². The monoisotopic (exact) mass is 603 g/mol. The van der Waals surface area contributed by atoms with Crippen LogP contribution in [0.4, 0.5) is 0 Å². The van der Waals surface area contributed by atoms with E-state index in [4.69, 9.17) is 9.47 Å². The van der Waals surface area contributed by atoms with E-state index in [0.717, 1.165) is 29.0 Å². The third-order valence-electron chi connectivity index (χ3n) is 12.2. The number of nitrogens with zero attached hydrogens (tertiary/aromatic N) is 1. The minimum absolute atomic E-state index is 0.100. The summed E-state index contributed by atoms with van der Waals surface area (Å²) in [6.45, 7) is 21.7. The van der Waals surface area contributed by atoms with Crippen LogP contribution < -0.4 is 9.47 Å². The molecule has 3 nitrogen and oxygen atoms in total. The van der Waals surface area contributed by atoms with Gasteiger partial charge in [-0.25, -0.2) is 0 Å². The lowest BCUT2D eigenvalue weighted by atomic mass is 9.68. The zero-order valence-corrected chi connectivity index (χ0v) is 29.9. The largest absolute Gasteiger partial charge is 0.486 e. The Morgan fingerprint density at radius 2 is 1.53 bits per heavy atom. The quantitative estimate of drug-likeness (QED) is 0.262. The number of hydrogen-bond donors (Lipinski definition) is 0. The van der Waals surface area contributed by atoms with Crippen molar-refractivity contribution < 1.29 is 9.47 Å². The molecule has 4 unspecified atom stereocenters. The first-order valence-corrected chi connectivity index (χ1v) is 21.2. The van der Waals surface area contributed by atoms with E-state index in [-0.39, 0.29) is 11.0 Å². The fourth-order valence-corrected chi connectivity index (χ4v) is 17.1. The molecule has 4 atom stereocenters. The van der Waals surface area contributed by atoms with E-state index in [1.54, 1.807) is 11.1 Å². The molecule has 43 heavy (non-hydrogen) atoms. The fraction of sp³-hybridized carbons (Fsp3) is 0.744. The Hall–Kier alpha value is -1.52. The molecule has 1 aromatic rings. The van der Waals surface area contributed by atoms with Crippen molar-refractivity contribution in [3.8, 4) is 11.5 Å². The standard InChI is InChI=1S/C39H61NO2Si/c1-9-11-18-39(19-12-10-2)33-24-30-28(23-31(33)32-25-35-36(26-34(32)39)42-21-20-41-35)22-27(3)37(30)43(7,8)40(38(4,5)6)29-16-14-13-15-17-29/h23-30,37H,9-22H2,1-8H3. The summed E-state index contributed by atoms with van der Waals surface area (Å²) in [6.07, 6.45) is 21.6. The summed E-state index contributed by atoms with van der Waals surface area (Å²) < 4.78 is 15.5. The molecular weight excluding hydrogens is 543 g/mol. The summed E-state index contributed by atoms with van der Waals surface area (Å²) in [5.74, 6) is 3.98. The smallest absolute Gasteiger partial charge is 0.161 e. The molecule has 1 heterocycles. The SMILES string of the molecule is CCCCC1(CCCC)C2=CC3C(C=C2c2cc4c(cc21)OCCO4)CC(C)C3[Si](C)(C)N(C1CCCCC1)C(C)(C)C. The van der Waals surface area contributed by atoms with Gasteiger partial charge in [0.05, 0.1) is 0 Å². The lowest BCUT2D eigenvalue weighted by molar-refractivity contribution is 0.139. The Labute approximate surface area is 265 Å². The van der Waals surface area contributed by atoms with E-state index in [1.165, 1.54) is 88.2 Å². The van der Waals surface area contributed by atoms with Gasteiger partial charge in [-0.15, -0.1) is 0 Å². The molecule has 0 bridgehead atoms. The molecule has 4 heteroatoms. The van der Waals surface area contributed by atoms with Crippen LogP contribution >= 0.6 is 0 Å². The molecule has 0 amide bonds. The van der Waals surface area contributed by atoms with E-state index in [1.807, 2.05) is 0 Å². The molecule has 6 rings (SSSR count). The maximum absolute atomic E-state index is 6.21. The molecule has 2 saturated carbocycles. The number of ether oxygens (including phenoxy) is 2. The average Bonchev–Trinajstić information content (AvgIpc) is 3.43. The Morgan fingerprint density at radius 1 is 0.907 bits per heavy atom. The highest BCUT2D eigenvalue weighted by Gasteiger charge is 2.56. The van der Waals surface area contributed by atoms with Crippen LogP contribution in [-0.2, 0) is 5.41 Å². The van der Waals surface area contributed by atoms with Crippen molar-refractivity contribution >= 4 is 13.8 Å². The highest BCUT2D eigenvalue weighted by atomic mass is 28.3. The lowest BCUT2D eigenvalue weighted by Crippen LogP contribution is -2.65. The number of hydrogen-bond acceptors (Lipinski definition) is 3. The molecule has 0 aromatic heterocycles. The van der Waals surface area contributed by atoms with E-state index >= 15 is 0 Å². The van der Waals surface area contributed by atoms with Crippen LogP contribution in [0.1, 0.15) is 130 Å². The Bertz CT molecular complexity index is 1220. The van der Waals surface area contributed by atoms with Gasteiger partial charge in [-0.2, -0.15) is 0 Å². The van der Waals surface area contributed by atoms with Crippen molar-refractivity contribution in [3.05, 3.63) is 41.0 Å². The van der Waals surface area contributed by atoms with E-state index in [9.17, 15) is 0 Å². The summed E-state index contributed by atoms with van der Waals surface area (Å²) in [6, 6.07) is 5.54. The summed E-state index contributed by atoms with van der Waals surface area (Å²) in [7, 11) is -1.82. The summed E-state index contributed by atoms with van der Waals surface area (Å²) in [5.41, 5.74) is 7.31. The summed E-state index contributed by atoms with van der Waals surface area (Å²) in [5, 5.41) is 0. The van der Waals surface area contributed by atoms with Crippen LogP contribution in [0.3, 0.4) is 0 Å². The molecule has 238 valence electrons. The highest BCUT2D eigenvalue weighted by Crippen LogP contribution is 2.64. The number of allylic oxidation sites excluding steroid dienone is 4. The minimum Gasteiger partial charge on any atom is -0.486 e. The molecular formula is C39H61NO2Si. The predicted molar refractivity (Wildman–Crippen MR) is 185 cm³/mol. The van der Waals surface area contributed by atoms with Crippen LogP contribution in [-0.4, -0.2) is 37.6 Å². The van der Waals surface area contributed by atoms with Crippen LogP contribution in [0.5, 0.6) is 11.5 Å². The van der Waals surface area contributed by atoms with Crippen molar-refractivity contribution in [2.24, 2.45) is 17.8 Å². The Morgan fingerprint density at radius 3 is 2.14 bits per heavy atom.